The Kier molecular flexibility index (Phi) is 5.06. The summed E-state index contributed by atoms with van der Waals surface area (Å²) < 4.78 is 14.6. The van der Waals surface area contributed by atoms with Gasteiger partial charge in [0.15, 0.2) is 5.69 Å². The highest BCUT2D eigenvalue weighted by atomic mass is 35.5. The van der Waals surface area contributed by atoms with Crippen molar-refractivity contribution < 1.29 is 9.18 Å². The predicted octanol–water partition coefficient (Wildman–Crippen LogP) is 4.24. The van der Waals surface area contributed by atoms with E-state index in [2.05, 4.69) is 10.4 Å². The van der Waals surface area contributed by atoms with Gasteiger partial charge in [-0.1, -0.05) is 35.3 Å². The van der Waals surface area contributed by atoms with Gasteiger partial charge in [0.2, 0.25) is 5.43 Å². The van der Waals surface area contributed by atoms with Crippen LogP contribution >= 0.6 is 23.2 Å². The minimum atomic E-state index is -0.738. The maximum atomic E-state index is 13.2. The highest BCUT2D eigenvalue weighted by Crippen LogP contribution is 2.21. The molecule has 1 aromatic heterocycles. The Balaban J connectivity index is 2.01. The summed E-state index contributed by atoms with van der Waals surface area (Å²) in [5.74, 6) is -1.35. The third kappa shape index (κ3) is 3.61. The number of amides is 1. The molecule has 0 unspecified atom stereocenters. The number of benzene rings is 2. The van der Waals surface area contributed by atoms with Crippen LogP contribution in [0.25, 0.3) is 5.69 Å². The number of halogens is 3. The Bertz CT molecular complexity index is 1070. The third-order valence-electron chi connectivity index (χ3n) is 3.58. The molecule has 0 spiro atoms. The van der Waals surface area contributed by atoms with E-state index >= 15 is 0 Å². The first kappa shape index (κ1) is 18.1. The van der Waals surface area contributed by atoms with Crippen molar-refractivity contribution in [3.05, 3.63) is 86.0 Å². The second kappa shape index (κ2) is 7.27. The van der Waals surface area contributed by atoms with Crippen LogP contribution in [0.5, 0.6) is 0 Å². The fraction of sp³-hybridized carbons (Fsp3) is 0.0556. The molecule has 8 heteroatoms. The molecule has 0 saturated carbocycles. The third-order valence-corrected chi connectivity index (χ3v) is 4.19. The molecule has 0 aliphatic rings. The zero-order chi connectivity index (χ0) is 18.8. The van der Waals surface area contributed by atoms with E-state index in [1.165, 1.54) is 22.9 Å². The van der Waals surface area contributed by atoms with Gasteiger partial charge < -0.3 is 5.32 Å². The molecule has 26 heavy (non-hydrogen) atoms. The first-order chi connectivity index (χ1) is 12.4. The number of hydrogen-bond acceptors (Lipinski definition) is 3. The fourth-order valence-electron chi connectivity index (χ4n) is 2.34. The number of carbonyl (C=O) groups excluding carboxylic acids is 1. The van der Waals surface area contributed by atoms with Crippen LogP contribution in [0.3, 0.4) is 0 Å². The monoisotopic (exact) mass is 391 g/mol. The summed E-state index contributed by atoms with van der Waals surface area (Å²) in [5.41, 5.74) is 0.426. The molecule has 1 amide bonds. The summed E-state index contributed by atoms with van der Waals surface area (Å²) in [6, 6.07) is 11.9. The van der Waals surface area contributed by atoms with Crippen LogP contribution < -0.4 is 10.7 Å². The van der Waals surface area contributed by atoms with E-state index in [0.29, 0.717) is 16.4 Å². The normalized spacial score (nSPS) is 10.6. The maximum absolute atomic E-state index is 13.2. The van der Waals surface area contributed by atoms with Crippen molar-refractivity contribution in [2.75, 3.05) is 5.32 Å². The van der Waals surface area contributed by atoms with E-state index in [1.807, 2.05) is 0 Å². The van der Waals surface area contributed by atoms with Crippen LogP contribution in [0.1, 0.15) is 16.2 Å². The Hall–Kier alpha value is -2.70. The summed E-state index contributed by atoms with van der Waals surface area (Å²) >= 11 is 11.9. The van der Waals surface area contributed by atoms with Crippen molar-refractivity contribution in [3.63, 3.8) is 0 Å². The van der Waals surface area contributed by atoms with Gasteiger partial charge in [-0.3, -0.25) is 9.59 Å². The van der Waals surface area contributed by atoms with Gasteiger partial charge in [0, 0.05) is 17.4 Å². The van der Waals surface area contributed by atoms with Gasteiger partial charge in [0.25, 0.3) is 5.91 Å². The Labute approximate surface area is 158 Å². The molecule has 5 nitrogen and oxygen atoms in total. The lowest BCUT2D eigenvalue weighted by Crippen LogP contribution is -2.27. The van der Waals surface area contributed by atoms with Crippen molar-refractivity contribution in [2.24, 2.45) is 0 Å². The largest absolute Gasteiger partial charge is 0.320 e. The van der Waals surface area contributed by atoms with Gasteiger partial charge >= 0.3 is 0 Å². The number of anilines is 1. The molecule has 1 heterocycles. The molecule has 0 atom stereocenters. The summed E-state index contributed by atoms with van der Waals surface area (Å²) in [6.45, 7) is 1.68. The lowest BCUT2D eigenvalue weighted by Gasteiger charge is -2.12. The van der Waals surface area contributed by atoms with Crippen molar-refractivity contribution in [2.45, 2.75) is 6.92 Å². The Morgan fingerprint density at radius 3 is 2.54 bits per heavy atom. The molecule has 0 radical (unpaired) electrons. The average molecular weight is 392 g/mol. The first-order valence-electron chi connectivity index (χ1n) is 7.49. The summed E-state index contributed by atoms with van der Waals surface area (Å²) in [5, 5.41) is 6.90. The van der Waals surface area contributed by atoms with E-state index in [-0.39, 0.29) is 16.4 Å². The van der Waals surface area contributed by atoms with Crippen LogP contribution in [0.15, 0.2) is 53.3 Å². The minimum Gasteiger partial charge on any atom is -0.320 e. The van der Waals surface area contributed by atoms with Crippen LogP contribution in [0, 0.1) is 12.7 Å². The average Bonchev–Trinajstić information content (AvgIpc) is 2.59. The molecule has 0 saturated heterocycles. The number of nitrogens with zero attached hydrogens (tertiary/aromatic N) is 2. The quantitative estimate of drug-likeness (QED) is 0.725. The number of nitrogens with one attached hydrogen (secondary N) is 1. The second-order valence-corrected chi connectivity index (χ2v) is 6.26. The molecule has 0 aliphatic carbocycles. The molecule has 0 fully saturated rings. The van der Waals surface area contributed by atoms with Crippen LogP contribution in [-0.2, 0) is 0 Å². The molecular weight excluding hydrogens is 380 g/mol. The van der Waals surface area contributed by atoms with Gasteiger partial charge in [0.1, 0.15) is 5.82 Å². The van der Waals surface area contributed by atoms with Gasteiger partial charge in [-0.2, -0.15) is 5.10 Å². The van der Waals surface area contributed by atoms with Gasteiger partial charge in [-0.15, -0.1) is 0 Å². The lowest BCUT2D eigenvalue weighted by molar-refractivity contribution is 0.101. The predicted molar refractivity (Wildman–Crippen MR) is 98.9 cm³/mol. The van der Waals surface area contributed by atoms with Crippen LogP contribution in [-0.4, -0.2) is 15.7 Å². The smallest absolute Gasteiger partial charge is 0.280 e. The van der Waals surface area contributed by atoms with Crippen molar-refractivity contribution in [1.82, 2.24) is 9.78 Å². The lowest BCUT2D eigenvalue weighted by atomic mass is 10.2. The molecule has 3 aromatic rings. The SMILES string of the molecule is Cc1cc(=O)c(C(=O)Nc2ccc(F)c(Cl)c2)nn1-c1ccccc1Cl. The van der Waals surface area contributed by atoms with E-state index in [1.54, 1.807) is 31.2 Å². The van der Waals surface area contributed by atoms with Crippen LogP contribution in [0.4, 0.5) is 10.1 Å². The molecule has 0 bridgehead atoms. The molecule has 132 valence electrons. The zero-order valence-corrected chi connectivity index (χ0v) is 15.0. The van der Waals surface area contributed by atoms with Gasteiger partial charge in [-0.05, 0) is 37.3 Å². The molecule has 3 rings (SSSR count). The number of aromatic nitrogens is 2. The Morgan fingerprint density at radius 2 is 1.85 bits per heavy atom. The van der Waals surface area contributed by atoms with Gasteiger partial charge in [0.05, 0.1) is 15.7 Å². The molecule has 0 aliphatic heterocycles. The van der Waals surface area contributed by atoms with Crippen molar-refractivity contribution in [1.29, 1.82) is 0 Å². The van der Waals surface area contributed by atoms with E-state index in [9.17, 15) is 14.0 Å². The summed E-state index contributed by atoms with van der Waals surface area (Å²) in [7, 11) is 0. The van der Waals surface area contributed by atoms with Crippen LogP contribution in [0.2, 0.25) is 10.0 Å². The fourth-order valence-corrected chi connectivity index (χ4v) is 2.73. The number of carbonyl (C=O) groups is 1. The van der Waals surface area contributed by atoms with Crippen molar-refractivity contribution >= 4 is 34.8 Å². The van der Waals surface area contributed by atoms with Crippen molar-refractivity contribution in [3.8, 4) is 5.69 Å². The zero-order valence-electron chi connectivity index (χ0n) is 13.5. The number of aryl methyl sites for hydroxylation is 1. The second-order valence-electron chi connectivity index (χ2n) is 5.44. The minimum absolute atomic E-state index is 0.145. The van der Waals surface area contributed by atoms with E-state index in [4.69, 9.17) is 23.2 Å². The topological polar surface area (TPSA) is 64.0 Å². The Morgan fingerprint density at radius 1 is 1.12 bits per heavy atom. The number of hydrogen-bond donors (Lipinski definition) is 1. The van der Waals surface area contributed by atoms with E-state index < -0.39 is 17.2 Å². The van der Waals surface area contributed by atoms with Gasteiger partial charge in [-0.25, -0.2) is 9.07 Å². The first-order valence-corrected chi connectivity index (χ1v) is 8.24. The van der Waals surface area contributed by atoms with E-state index in [0.717, 1.165) is 6.07 Å². The number of para-hydroxylation sites is 1. The highest BCUT2D eigenvalue weighted by Gasteiger charge is 2.17. The molecular formula is C18H12Cl2FN3O2. The summed E-state index contributed by atoms with van der Waals surface area (Å²) in [6.07, 6.45) is 0. The maximum Gasteiger partial charge on any atom is 0.280 e. The molecule has 2 aromatic carbocycles. The molecule has 1 N–H and O–H groups in total. The standard InChI is InChI=1S/C18H12Cl2FN3O2/c1-10-8-16(25)17(23-24(10)15-5-3-2-4-12(15)19)18(26)22-11-6-7-14(21)13(20)9-11/h2-9H,1H3,(H,22,26). The number of rotatable bonds is 3. The summed E-state index contributed by atoms with van der Waals surface area (Å²) in [4.78, 5) is 24.7. The highest BCUT2D eigenvalue weighted by molar-refractivity contribution is 6.32.